The molecule has 0 radical (unpaired) electrons. The largest absolute Gasteiger partial charge is 0.504 e. The first-order chi connectivity index (χ1) is 13.2. The van der Waals surface area contributed by atoms with E-state index in [0.717, 1.165) is 6.26 Å². The van der Waals surface area contributed by atoms with Crippen LogP contribution < -0.4 is 10.1 Å². The molecule has 28 heavy (non-hydrogen) atoms. The summed E-state index contributed by atoms with van der Waals surface area (Å²) in [5.74, 6) is -0.647. The minimum absolute atomic E-state index is 0.0512. The first-order valence-corrected chi connectivity index (χ1v) is 10.3. The summed E-state index contributed by atoms with van der Waals surface area (Å²) in [6.07, 6.45) is 4.20. The summed E-state index contributed by atoms with van der Waals surface area (Å²) < 4.78 is 31.6. The zero-order valence-electron chi connectivity index (χ0n) is 15.0. The number of nitriles is 1. The van der Waals surface area contributed by atoms with Crippen LogP contribution in [0.4, 0.5) is 5.13 Å². The highest BCUT2D eigenvalue weighted by Gasteiger charge is 2.18. The van der Waals surface area contributed by atoms with E-state index in [-0.39, 0.29) is 22.2 Å². The number of benzene rings is 1. The number of nitrogens with zero attached hydrogens (tertiary/aromatic N) is 3. The van der Waals surface area contributed by atoms with E-state index in [4.69, 9.17) is 4.74 Å². The van der Waals surface area contributed by atoms with Gasteiger partial charge in [-0.1, -0.05) is 6.08 Å². The van der Waals surface area contributed by atoms with Gasteiger partial charge >= 0.3 is 0 Å². The molecule has 0 saturated heterocycles. The lowest BCUT2D eigenvalue weighted by Gasteiger charge is -2.09. The van der Waals surface area contributed by atoms with Crippen LogP contribution in [0.1, 0.15) is 11.1 Å². The third-order valence-electron chi connectivity index (χ3n) is 3.40. The van der Waals surface area contributed by atoms with E-state index in [1.807, 2.05) is 0 Å². The number of carbonyl (C=O) groups excluding carboxylic acids is 1. The van der Waals surface area contributed by atoms with Gasteiger partial charge in [0.2, 0.25) is 15.0 Å². The third kappa shape index (κ3) is 4.93. The average molecular weight is 420 g/mol. The topological polar surface area (TPSA) is 142 Å². The van der Waals surface area contributed by atoms with Gasteiger partial charge in [-0.05, 0) is 30.2 Å². The van der Waals surface area contributed by atoms with Crippen LogP contribution in [-0.2, 0) is 21.1 Å². The quantitative estimate of drug-likeness (QED) is 0.393. The number of sulfone groups is 1. The Bertz CT molecular complexity index is 1100. The lowest BCUT2D eigenvalue weighted by molar-refractivity contribution is -0.112. The maximum Gasteiger partial charge on any atom is 0.268 e. The highest BCUT2D eigenvalue weighted by atomic mass is 32.2. The second-order valence-electron chi connectivity index (χ2n) is 5.50. The summed E-state index contributed by atoms with van der Waals surface area (Å²) in [5, 5.41) is 21.3. The second kappa shape index (κ2) is 8.64. The summed E-state index contributed by atoms with van der Waals surface area (Å²) >= 11 is 0.683. The van der Waals surface area contributed by atoms with Crippen LogP contribution in [-0.4, -0.2) is 42.2 Å². The van der Waals surface area contributed by atoms with Crippen molar-refractivity contribution in [3.8, 4) is 17.6 Å². The fourth-order valence-electron chi connectivity index (χ4n) is 2.13. The number of aromatic nitrogens is 2. The number of rotatable bonds is 7. The smallest absolute Gasteiger partial charge is 0.268 e. The summed E-state index contributed by atoms with van der Waals surface area (Å²) in [6.45, 7) is 3.62. The number of aromatic hydroxyl groups is 1. The normalized spacial score (nSPS) is 11.5. The number of anilines is 1. The van der Waals surface area contributed by atoms with Crippen molar-refractivity contribution in [3.63, 3.8) is 0 Å². The minimum atomic E-state index is -3.60. The maximum atomic E-state index is 12.3. The van der Waals surface area contributed by atoms with Crippen LogP contribution >= 0.6 is 11.5 Å². The lowest BCUT2D eigenvalue weighted by Crippen LogP contribution is -2.13. The first-order valence-electron chi connectivity index (χ1n) is 7.67. The standard InChI is InChI=1S/C17H16N4O5S2/c1-4-5-11-6-10(8-13(26-2)14(11)22)7-12(9-18)15(23)19-16-20-17(21-27-16)28(3,24)25/h4,6-8,22H,1,5H2,2-3H3,(H,19,20,21,23)/b12-7-. The molecular weight excluding hydrogens is 404 g/mol. The van der Waals surface area contributed by atoms with Crippen LogP contribution in [0.15, 0.2) is 35.5 Å². The number of phenols is 1. The van der Waals surface area contributed by atoms with Gasteiger partial charge in [0.05, 0.1) is 7.11 Å². The molecule has 0 bridgehead atoms. The molecule has 11 heteroatoms. The SMILES string of the molecule is C=CCc1cc(/C=C(/C#N)C(=O)Nc2nc(S(C)(=O)=O)ns2)cc(OC)c1O. The van der Waals surface area contributed by atoms with Crippen molar-refractivity contribution in [1.82, 2.24) is 9.36 Å². The number of ether oxygens (including phenoxy) is 1. The zero-order valence-corrected chi connectivity index (χ0v) is 16.6. The Morgan fingerprint density at radius 3 is 2.75 bits per heavy atom. The fraction of sp³-hybridized carbons (Fsp3) is 0.176. The molecule has 1 aromatic carbocycles. The van der Waals surface area contributed by atoms with Gasteiger partial charge < -0.3 is 9.84 Å². The van der Waals surface area contributed by atoms with E-state index >= 15 is 0 Å². The van der Waals surface area contributed by atoms with Crippen molar-refractivity contribution in [1.29, 1.82) is 5.26 Å². The Hall–Kier alpha value is -3.23. The van der Waals surface area contributed by atoms with Crippen molar-refractivity contribution in [2.45, 2.75) is 11.6 Å². The third-order valence-corrected chi connectivity index (χ3v) is 4.99. The molecule has 0 saturated carbocycles. The molecule has 0 unspecified atom stereocenters. The number of allylic oxidation sites excluding steroid dienone is 1. The van der Waals surface area contributed by atoms with Crippen LogP contribution in [0.25, 0.3) is 6.08 Å². The molecule has 1 heterocycles. The zero-order chi connectivity index (χ0) is 20.9. The van der Waals surface area contributed by atoms with Crippen molar-refractivity contribution in [3.05, 3.63) is 41.5 Å². The van der Waals surface area contributed by atoms with Crippen LogP contribution in [0.2, 0.25) is 0 Å². The summed E-state index contributed by atoms with van der Waals surface area (Å²) in [4.78, 5) is 16.0. The molecule has 0 atom stereocenters. The molecule has 9 nitrogen and oxygen atoms in total. The molecule has 2 N–H and O–H groups in total. The summed E-state index contributed by atoms with van der Waals surface area (Å²) in [7, 11) is -2.22. The summed E-state index contributed by atoms with van der Waals surface area (Å²) in [6, 6.07) is 4.84. The van der Waals surface area contributed by atoms with Gasteiger partial charge in [0, 0.05) is 23.4 Å². The highest BCUT2D eigenvalue weighted by Crippen LogP contribution is 2.32. The van der Waals surface area contributed by atoms with E-state index in [1.165, 1.54) is 19.3 Å². The molecule has 2 rings (SSSR count). The number of methoxy groups -OCH3 is 1. The molecule has 0 aliphatic rings. The summed E-state index contributed by atoms with van der Waals surface area (Å²) in [5.41, 5.74) is 0.709. The monoisotopic (exact) mass is 420 g/mol. The Morgan fingerprint density at radius 1 is 1.50 bits per heavy atom. The Balaban J connectivity index is 2.34. The number of hydrogen-bond donors (Lipinski definition) is 2. The second-order valence-corrected chi connectivity index (χ2v) is 8.16. The number of phenolic OH excluding ortho intramolecular Hbond substituents is 1. The molecule has 0 spiro atoms. The molecule has 0 aliphatic heterocycles. The van der Waals surface area contributed by atoms with Crippen molar-refractivity contribution in [2.24, 2.45) is 0 Å². The Kier molecular flexibility index (Phi) is 6.50. The average Bonchev–Trinajstić information content (AvgIpc) is 3.11. The number of nitrogens with one attached hydrogen (secondary N) is 1. The number of amides is 1. The van der Waals surface area contributed by atoms with Crippen molar-refractivity contribution < 1.29 is 23.1 Å². The Morgan fingerprint density at radius 2 is 2.21 bits per heavy atom. The molecule has 1 amide bonds. The van der Waals surface area contributed by atoms with E-state index in [9.17, 15) is 23.6 Å². The van der Waals surface area contributed by atoms with Gasteiger partial charge in [0.15, 0.2) is 11.5 Å². The van der Waals surface area contributed by atoms with Gasteiger partial charge in [-0.3, -0.25) is 10.1 Å². The van der Waals surface area contributed by atoms with E-state index in [0.29, 0.717) is 29.1 Å². The number of hydrogen-bond acceptors (Lipinski definition) is 9. The molecule has 2 aromatic rings. The Labute approximate surface area is 165 Å². The van der Waals surface area contributed by atoms with Gasteiger partial charge in [-0.25, -0.2) is 8.42 Å². The minimum Gasteiger partial charge on any atom is -0.504 e. The fourth-order valence-corrected chi connectivity index (χ4v) is 3.57. The molecular formula is C17H16N4O5S2. The van der Waals surface area contributed by atoms with Crippen LogP contribution in [0.3, 0.4) is 0 Å². The van der Waals surface area contributed by atoms with Gasteiger partial charge in [0.25, 0.3) is 11.1 Å². The van der Waals surface area contributed by atoms with Crippen molar-refractivity contribution >= 4 is 38.5 Å². The van der Waals surface area contributed by atoms with Crippen molar-refractivity contribution in [2.75, 3.05) is 18.7 Å². The first kappa shape index (κ1) is 21.1. The molecule has 146 valence electrons. The lowest BCUT2D eigenvalue weighted by atomic mass is 10.0. The van der Waals surface area contributed by atoms with E-state index in [1.54, 1.807) is 18.2 Å². The van der Waals surface area contributed by atoms with Gasteiger partial charge in [-0.15, -0.1) is 6.58 Å². The van der Waals surface area contributed by atoms with E-state index in [2.05, 4.69) is 21.3 Å². The van der Waals surface area contributed by atoms with E-state index < -0.39 is 20.9 Å². The van der Waals surface area contributed by atoms with Crippen LogP contribution in [0, 0.1) is 11.3 Å². The predicted octanol–water partition coefficient (Wildman–Crippen LogP) is 1.93. The van der Waals surface area contributed by atoms with Crippen LogP contribution in [0.5, 0.6) is 11.5 Å². The highest BCUT2D eigenvalue weighted by molar-refractivity contribution is 7.90. The predicted molar refractivity (Wildman–Crippen MR) is 104 cm³/mol. The molecule has 0 aliphatic carbocycles. The molecule has 0 fully saturated rings. The van der Waals surface area contributed by atoms with Gasteiger partial charge in [0.1, 0.15) is 11.6 Å². The number of carbonyl (C=O) groups is 1. The molecule has 1 aromatic heterocycles. The van der Waals surface area contributed by atoms with Gasteiger partial charge in [-0.2, -0.15) is 14.6 Å². The maximum absolute atomic E-state index is 12.3.